The van der Waals surface area contributed by atoms with E-state index in [0.717, 1.165) is 18.7 Å². The summed E-state index contributed by atoms with van der Waals surface area (Å²) in [6, 6.07) is -0.216. The lowest BCUT2D eigenvalue weighted by atomic mass is 10.2. The molecule has 0 bridgehead atoms. The highest BCUT2D eigenvalue weighted by Crippen LogP contribution is 2.22. The molecule has 6 nitrogen and oxygen atoms in total. The number of ether oxygens (including phenoxy) is 1. The van der Waals surface area contributed by atoms with Crippen LogP contribution in [0.25, 0.3) is 0 Å². The van der Waals surface area contributed by atoms with Gasteiger partial charge in [0.15, 0.2) is 0 Å². The lowest BCUT2D eigenvalue weighted by Crippen LogP contribution is -2.44. The third-order valence-corrected chi connectivity index (χ3v) is 3.44. The van der Waals surface area contributed by atoms with Gasteiger partial charge < -0.3 is 19.7 Å². The Hall–Kier alpha value is -1.40. The average molecular weight is 253 g/mol. The smallest absolute Gasteiger partial charge is 0.240 e. The summed E-state index contributed by atoms with van der Waals surface area (Å²) in [5.74, 6) is 0.684. The van der Waals surface area contributed by atoms with Gasteiger partial charge in [-0.3, -0.25) is 4.79 Å². The summed E-state index contributed by atoms with van der Waals surface area (Å²) < 4.78 is 6.91. The Bertz CT molecular complexity index is 418. The highest BCUT2D eigenvalue weighted by molar-refractivity contribution is 5.76. The fourth-order valence-electron chi connectivity index (χ4n) is 2.34. The fraction of sp³-hybridized carbons (Fsp3) is 0.667. The van der Waals surface area contributed by atoms with Crippen molar-refractivity contribution in [1.29, 1.82) is 0 Å². The maximum Gasteiger partial charge on any atom is 0.240 e. The zero-order valence-corrected chi connectivity index (χ0v) is 10.7. The molecule has 1 saturated carbocycles. The standard InChI is InChI=1S/C12H19N3O3/c1-8-13-5-6-15(8)7-11(16)14-9-3-4-10(18-2)12(9)17/h5-6,9-10,12,17H,3-4,7H2,1-2H3,(H,14,16)/t9-,10-,12-/m1/s1. The topological polar surface area (TPSA) is 76.4 Å². The number of hydrogen-bond acceptors (Lipinski definition) is 4. The SMILES string of the molecule is CO[C@@H]1CC[C@@H](NC(=O)Cn2ccnc2C)[C@H]1O. The number of amides is 1. The molecule has 2 rings (SSSR count). The van der Waals surface area contributed by atoms with Crippen LogP contribution in [0.4, 0.5) is 0 Å². The zero-order chi connectivity index (χ0) is 13.1. The summed E-state index contributed by atoms with van der Waals surface area (Å²) in [5, 5.41) is 12.8. The Balaban J connectivity index is 1.87. The number of aliphatic hydroxyl groups is 1. The quantitative estimate of drug-likeness (QED) is 0.782. The molecule has 18 heavy (non-hydrogen) atoms. The number of nitrogens with zero attached hydrogens (tertiary/aromatic N) is 2. The van der Waals surface area contributed by atoms with Crippen LogP contribution < -0.4 is 5.32 Å². The van der Waals surface area contributed by atoms with Crippen LogP contribution in [0, 0.1) is 6.92 Å². The van der Waals surface area contributed by atoms with Crippen molar-refractivity contribution in [1.82, 2.24) is 14.9 Å². The lowest BCUT2D eigenvalue weighted by Gasteiger charge is -2.19. The van der Waals surface area contributed by atoms with Crippen LogP contribution in [0.5, 0.6) is 0 Å². The minimum atomic E-state index is -0.622. The van der Waals surface area contributed by atoms with Gasteiger partial charge in [-0.05, 0) is 19.8 Å². The number of aryl methyl sites for hydroxylation is 1. The molecule has 1 heterocycles. The molecule has 0 unspecified atom stereocenters. The monoisotopic (exact) mass is 253 g/mol. The number of aliphatic hydroxyl groups excluding tert-OH is 1. The van der Waals surface area contributed by atoms with E-state index in [2.05, 4.69) is 10.3 Å². The van der Waals surface area contributed by atoms with Gasteiger partial charge in [0, 0.05) is 19.5 Å². The van der Waals surface area contributed by atoms with Gasteiger partial charge in [0.05, 0.1) is 12.1 Å². The largest absolute Gasteiger partial charge is 0.388 e. The molecule has 1 aromatic rings. The first-order chi connectivity index (χ1) is 8.61. The van der Waals surface area contributed by atoms with Crippen LogP contribution in [-0.2, 0) is 16.1 Å². The molecule has 1 amide bonds. The van der Waals surface area contributed by atoms with Crippen molar-refractivity contribution >= 4 is 5.91 Å². The summed E-state index contributed by atoms with van der Waals surface area (Å²) >= 11 is 0. The molecule has 1 aromatic heterocycles. The number of imidazole rings is 1. The molecule has 1 aliphatic carbocycles. The van der Waals surface area contributed by atoms with Gasteiger partial charge in [0.2, 0.25) is 5.91 Å². The highest BCUT2D eigenvalue weighted by Gasteiger charge is 2.35. The van der Waals surface area contributed by atoms with Crippen LogP contribution in [0.3, 0.4) is 0 Å². The van der Waals surface area contributed by atoms with Crippen molar-refractivity contribution in [3.05, 3.63) is 18.2 Å². The molecule has 1 fully saturated rings. The maximum absolute atomic E-state index is 11.8. The van der Waals surface area contributed by atoms with Gasteiger partial charge in [-0.2, -0.15) is 0 Å². The molecule has 0 saturated heterocycles. The molecule has 0 spiro atoms. The van der Waals surface area contributed by atoms with E-state index in [-0.39, 0.29) is 24.6 Å². The first-order valence-corrected chi connectivity index (χ1v) is 6.09. The normalized spacial score (nSPS) is 27.4. The van der Waals surface area contributed by atoms with E-state index in [1.165, 1.54) is 0 Å². The van der Waals surface area contributed by atoms with Crippen molar-refractivity contribution in [2.24, 2.45) is 0 Å². The Morgan fingerprint density at radius 2 is 2.44 bits per heavy atom. The summed E-state index contributed by atoms with van der Waals surface area (Å²) in [7, 11) is 1.58. The van der Waals surface area contributed by atoms with Gasteiger partial charge in [-0.1, -0.05) is 0 Å². The Morgan fingerprint density at radius 3 is 3.00 bits per heavy atom. The Kier molecular flexibility index (Phi) is 3.98. The van der Waals surface area contributed by atoms with E-state index in [1.807, 2.05) is 6.92 Å². The van der Waals surface area contributed by atoms with Crippen molar-refractivity contribution < 1.29 is 14.6 Å². The van der Waals surface area contributed by atoms with Crippen LogP contribution in [0.1, 0.15) is 18.7 Å². The van der Waals surface area contributed by atoms with Gasteiger partial charge in [0.1, 0.15) is 18.5 Å². The summed E-state index contributed by atoms with van der Waals surface area (Å²) in [6.07, 6.45) is 4.14. The van der Waals surface area contributed by atoms with Gasteiger partial charge in [0.25, 0.3) is 0 Å². The second-order valence-corrected chi connectivity index (χ2v) is 4.62. The van der Waals surface area contributed by atoms with Crippen molar-refractivity contribution in [2.75, 3.05) is 7.11 Å². The Morgan fingerprint density at radius 1 is 1.67 bits per heavy atom. The second-order valence-electron chi connectivity index (χ2n) is 4.62. The van der Waals surface area contributed by atoms with Gasteiger partial charge in [-0.15, -0.1) is 0 Å². The van der Waals surface area contributed by atoms with Crippen molar-refractivity contribution in [3.63, 3.8) is 0 Å². The molecule has 0 aromatic carbocycles. The van der Waals surface area contributed by atoms with Gasteiger partial charge >= 0.3 is 0 Å². The molecule has 3 atom stereocenters. The van der Waals surface area contributed by atoms with Crippen molar-refractivity contribution in [3.8, 4) is 0 Å². The van der Waals surface area contributed by atoms with Crippen LogP contribution in [0.15, 0.2) is 12.4 Å². The minimum absolute atomic E-state index is 0.114. The maximum atomic E-state index is 11.8. The van der Waals surface area contributed by atoms with E-state index in [1.54, 1.807) is 24.1 Å². The molecular weight excluding hydrogens is 234 g/mol. The number of rotatable bonds is 4. The van der Waals surface area contributed by atoms with E-state index in [0.29, 0.717) is 0 Å². The average Bonchev–Trinajstić information content (AvgIpc) is 2.88. The molecule has 1 aliphatic rings. The number of methoxy groups -OCH3 is 1. The predicted octanol–water partition coefficient (Wildman–Crippen LogP) is -0.154. The predicted molar refractivity (Wildman–Crippen MR) is 64.9 cm³/mol. The molecule has 6 heteroatoms. The first kappa shape index (κ1) is 13.0. The third-order valence-electron chi connectivity index (χ3n) is 3.44. The highest BCUT2D eigenvalue weighted by atomic mass is 16.5. The molecular formula is C12H19N3O3. The summed E-state index contributed by atoms with van der Waals surface area (Å²) in [4.78, 5) is 15.9. The van der Waals surface area contributed by atoms with E-state index >= 15 is 0 Å². The van der Waals surface area contributed by atoms with Crippen LogP contribution in [0.2, 0.25) is 0 Å². The van der Waals surface area contributed by atoms with Crippen LogP contribution >= 0.6 is 0 Å². The van der Waals surface area contributed by atoms with Crippen LogP contribution in [-0.4, -0.2) is 45.9 Å². The molecule has 0 radical (unpaired) electrons. The fourth-order valence-corrected chi connectivity index (χ4v) is 2.34. The van der Waals surface area contributed by atoms with E-state index in [9.17, 15) is 9.90 Å². The molecule has 0 aliphatic heterocycles. The number of hydrogen-bond donors (Lipinski definition) is 2. The number of nitrogens with one attached hydrogen (secondary N) is 1. The van der Waals surface area contributed by atoms with Gasteiger partial charge in [-0.25, -0.2) is 4.98 Å². The second kappa shape index (κ2) is 5.49. The minimum Gasteiger partial charge on any atom is -0.388 e. The number of aromatic nitrogens is 2. The lowest BCUT2D eigenvalue weighted by molar-refractivity contribution is -0.123. The third kappa shape index (κ3) is 2.70. The van der Waals surface area contributed by atoms with Crippen molar-refractivity contribution in [2.45, 2.75) is 44.6 Å². The summed E-state index contributed by atoms with van der Waals surface area (Å²) in [6.45, 7) is 2.07. The zero-order valence-electron chi connectivity index (χ0n) is 10.7. The van der Waals surface area contributed by atoms with E-state index in [4.69, 9.17) is 4.74 Å². The number of carbonyl (C=O) groups excluding carboxylic acids is 1. The first-order valence-electron chi connectivity index (χ1n) is 6.09. The summed E-state index contributed by atoms with van der Waals surface area (Å²) in [5.41, 5.74) is 0. The molecule has 2 N–H and O–H groups in total. The molecule has 100 valence electrons. The Labute approximate surface area is 106 Å². The number of carbonyl (C=O) groups is 1. The van der Waals surface area contributed by atoms with E-state index < -0.39 is 6.10 Å².